The maximum atomic E-state index is 12.8. The predicted octanol–water partition coefficient (Wildman–Crippen LogP) is 2.83. The first-order chi connectivity index (χ1) is 9.06. The fourth-order valence-electron chi connectivity index (χ4n) is 1.61. The largest absolute Gasteiger partial charge is 0.476 e. The summed E-state index contributed by atoms with van der Waals surface area (Å²) >= 11 is 1.11. The number of aromatic carboxylic acids is 1. The summed E-state index contributed by atoms with van der Waals surface area (Å²) in [6, 6.07) is 6.31. The van der Waals surface area contributed by atoms with Gasteiger partial charge >= 0.3 is 5.97 Å². The second-order valence-electron chi connectivity index (χ2n) is 4.10. The normalized spacial score (nSPS) is 12.3. The molecule has 0 aliphatic heterocycles. The van der Waals surface area contributed by atoms with Crippen LogP contribution in [-0.2, 0) is 6.54 Å². The zero-order valence-electron chi connectivity index (χ0n) is 10.3. The van der Waals surface area contributed by atoms with Crippen LogP contribution in [0.15, 0.2) is 29.6 Å². The van der Waals surface area contributed by atoms with Gasteiger partial charge in [-0.1, -0.05) is 12.1 Å². The minimum absolute atomic E-state index is 0.0376. The lowest BCUT2D eigenvalue weighted by molar-refractivity contribution is 0.0696. The molecular weight excluding hydrogens is 267 g/mol. The zero-order chi connectivity index (χ0) is 13.8. The average molecular weight is 280 g/mol. The predicted molar refractivity (Wildman–Crippen MR) is 70.7 cm³/mol. The molecule has 1 atom stereocenters. The average Bonchev–Trinajstić information content (AvgIpc) is 2.86. The summed E-state index contributed by atoms with van der Waals surface area (Å²) in [5.74, 6) is -1.27. The number of aromatic nitrogens is 1. The maximum absolute atomic E-state index is 12.8. The Balaban J connectivity index is 1.94. The third-order valence-electron chi connectivity index (χ3n) is 2.69. The van der Waals surface area contributed by atoms with Crippen molar-refractivity contribution in [2.45, 2.75) is 19.5 Å². The minimum atomic E-state index is -1.01. The number of hydrogen-bond acceptors (Lipinski definition) is 4. The van der Waals surface area contributed by atoms with Gasteiger partial charge in [0.1, 0.15) is 5.82 Å². The fraction of sp³-hybridized carbons (Fsp3) is 0.231. The Morgan fingerprint density at radius 1 is 1.47 bits per heavy atom. The Labute approximate surface area is 113 Å². The number of rotatable bonds is 5. The van der Waals surface area contributed by atoms with Crippen molar-refractivity contribution in [2.24, 2.45) is 0 Å². The standard InChI is InChI=1S/C13H13FN2O2S/c1-8(9-2-4-10(14)5-3-9)15-6-11-7-19-12(16-11)13(17)18/h2-5,7-8,15H,6H2,1H3,(H,17,18)/t8-/m1/s1. The highest BCUT2D eigenvalue weighted by Gasteiger charge is 2.10. The van der Waals surface area contributed by atoms with E-state index in [0.717, 1.165) is 16.9 Å². The molecule has 100 valence electrons. The molecule has 19 heavy (non-hydrogen) atoms. The first-order valence-electron chi connectivity index (χ1n) is 5.73. The summed E-state index contributed by atoms with van der Waals surface area (Å²) in [5.41, 5.74) is 1.66. The van der Waals surface area contributed by atoms with Crippen molar-refractivity contribution < 1.29 is 14.3 Å². The molecule has 0 bridgehead atoms. The Bertz CT molecular complexity index is 568. The van der Waals surface area contributed by atoms with Gasteiger partial charge in [-0.25, -0.2) is 14.2 Å². The Morgan fingerprint density at radius 2 is 2.16 bits per heavy atom. The highest BCUT2D eigenvalue weighted by Crippen LogP contribution is 2.15. The Kier molecular flexibility index (Phi) is 4.24. The lowest BCUT2D eigenvalue weighted by Crippen LogP contribution is -2.18. The lowest BCUT2D eigenvalue weighted by Gasteiger charge is -2.13. The molecule has 0 aliphatic rings. The van der Waals surface area contributed by atoms with E-state index in [9.17, 15) is 9.18 Å². The molecule has 0 saturated carbocycles. The van der Waals surface area contributed by atoms with Crippen molar-refractivity contribution in [2.75, 3.05) is 0 Å². The highest BCUT2D eigenvalue weighted by atomic mass is 32.1. The summed E-state index contributed by atoms with van der Waals surface area (Å²) < 4.78 is 12.8. The summed E-state index contributed by atoms with van der Waals surface area (Å²) in [7, 11) is 0. The minimum Gasteiger partial charge on any atom is -0.476 e. The second kappa shape index (κ2) is 5.90. The molecule has 2 aromatic rings. The molecule has 2 rings (SSSR count). The topological polar surface area (TPSA) is 62.2 Å². The van der Waals surface area contributed by atoms with Gasteiger partial charge in [-0.3, -0.25) is 0 Å². The van der Waals surface area contributed by atoms with E-state index in [1.165, 1.54) is 12.1 Å². The molecule has 2 N–H and O–H groups in total. The van der Waals surface area contributed by atoms with Gasteiger partial charge in [0.05, 0.1) is 5.69 Å². The number of hydrogen-bond donors (Lipinski definition) is 2. The van der Waals surface area contributed by atoms with Gasteiger partial charge in [0.2, 0.25) is 5.01 Å². The molecule has 1 heterocycles. The molecule has 0 saturated heterocycles. The summed E-state index contributed by atoms with van der Waals surface area (Å²) in [4.78, 5) is 14.7. The van der Waals surface area contributed by atoms with Crippen LogP contribution in [0, 0.1) is 5.82 Å². The first kappa shape index (κ1) is 13.6. The highest BCUT2D eigenvalue weighted by molar-refractivity contribution is 7.11. The third kappa shape index (κ3) is 3.59. The number of halogens is 1. The SMILES string of the molecule is C[C@@H](NCc1csc(C(=O)O)n1)c1ccc(F)cc1. The first-order valence-corrected chi connectivity index (χ1v) is 6.61. The van der Waals surface area contributed by atoms with E-state index in [1.807, 2.05) is 6.92 Å². The van der Waals surface area contributed by atoms with Gasteiger partial charge in [-0.2, -0.15) is 0 Å². The van der Waals surface area contributed by atoms with Crippen LogP contribution in [0.25, 0.3) is 0 Å². The van der Waals surface area contributed by atoms with Crippen molar-refractivity contribution in [3.8, 4) is 0 Å². The van der Waals surface area contributed by atoms with Crippen LogP contribution in [-0.4, -0.2) is 16.1 Å². The van der Waals surface area contributed by atoms with Crippen molar-refractivity contribution in [1.82, 2.24) is 10.3 Å². The van der Waals surface area contributed by atoms with Crippen molar-refractivity contribution in [3.63, 3.8) is 0 Å². The monoisotopic (exact) mass is 280 g/mol. The molecule has 0 fully saturated rings. The molecule has 0 radical (unpaired) electrons. The number of carboxylic acid groups (broad SMARTS) is 1. The van der Waals surface area contributed by atoms with Crippen LogP contribution >= 0.6 is 11.3 Å². The summed E-state index contributed by atoms with van der Waals surface area (Å²) in [6.07, 6.45) is 0. The molecule has 1 aromatic carbocycles. The summed E-state index contributed by atoms with van der Waals surface area (Å²) in [6.45, 7) is 2.43. The number of thiazole rings is 1. The number of carboxylic acids is 1. The maximum Gasteiger partial charge on any atom is 0.365 e. The van der Waals surface area contributed by atoms with Crippen LogP contribution in [0.1, 0.15) is 34.0 Å². The van der Waals surface area contributed by atoms with Gasteiger partial charge in [0, 0.05) is 18.0 Å². The fourth-order valence-corrected chi connectivity index (χ4v) is 2.27. The van der Waals surface area contributed by atoms with Crippen LogP contribution in [0.5, 0.6) is 0 Å². The zero-order valence-corrected chi connectivity index (χ0v) is 11.1. The van der Waals surface area contributed by atoms with Crippen LogP contribution < -0.4 is 5.32 Å². The second-order valence-corrected chi connectivity index (χ2v) is 4.96. The molecule has 0 aliphatic carbocycles. The Morgan fingerprint density at radius 3 is 2.74 bits per heavy atom. The number of carbonyl (C=O) groups is 1. The van der Waals surface area contributed by atoms with E-state index in [1.54, 1.807) is 17.5 Å². The van der Waals surface area contributed by atoms with Gasteiger partial charge in [0.25, 0.3) is 0 Å². The Hall–Kier alpha value is -1.79. The van der Waals surface area contributed by atoms with Crippen molar-refractivity contribution in [3.05, 3.63) is 51.7 Å². The van der Waals surface area contributed by atoms with Gasteiger partial charge < -0.3 is 10.4 Å². The summed E-state index contributed by atoms with van der Waals surface area (Å²) in [5, 5.41) is 13.8. The molecule has 6 heteroatoms. The van der Waals surface area contributed by atoms with Crippen LogP contribution in [0.4, 0.5) is 4.39 Å². The third-order valence-corrected chi connectivity index (χ3v) is 3.57. The van der Waals surface area contributed by atoms with E-state index >= 15 is 0 Å². The van der Waals surface area contributed by atoms with Crippen molar-refractivity contribution in [1.29, 1.82) is 0 Å². The van der Waals surface area contributed by atoms with E-state index in [2.05, 4.69) is 10.3 Å². The van der Waals surface area contributed by atoms with Crippen molar-refractivity contribution >= 4 is 17.3 Å². The van der Waals surface area contributed by atoms with E-state index in [4.69, 9.17) is 5.11 Å². The quantitative estimate of drug-likeness (QED) is 0.884. The number of benzene rings is 1. The van der Waals surface area contributed by atoms with E-state index in [-0.39, 0.29) is 16.9 Å². The molecule has 0 spiro atoms. The molecule has 0 unspecified atom stereocenters. The number of nitrogens with zero attached hydrogens (tertiary/aromatic N) is 1. The smallest absolute Gasteiger partial charge is 0.365 e. The van der Waals surface area contributed by atoms with E-state index in [0.29, 0.717) is 12.2 Å². The number of nitrogens with one attached hydrogen (secondary N) is 1. The lowest BCUT2D eigenvalue weighted by atomic mass is 10.1. The van der Waals surface area contributed by atoms with Gasteiger partial charge in [-0.15, -0.1) is 11.3 Å². The van der Waals surface area contributed by atoms with Gasteiger partial charge in [-0.05, 0) is 24.6 Å². The molecule has 0 amide bonds. The van der Waals surface area contributed by atoms with E-state index < -0.39 is 5.97 Å². The van der Waals surface area contributed by atoms with Gasteiger partial charge in [0.15, 0.2) is 0 Å². The van der Waals surface area contributed by atoms with Crippen LogP contribution in [0.3, 0.4) is 0 Å². The molecule has 4 nitrogen and oxygen atoms in total. The van der Waals surface area contributed by atoms with Crippen LogP contribution in [0.2, 0.25) is 0 Å². The molecular formula is C13H13FN2O2S. The molecule has 1 aromatic heterocycles.